The molecule has 0 spiro atoms. The summed E-state index contributed by atoms with van der Waals surface area (Å²) in [7, 11) is 0.666. The highest BCUT2D eigenvalue weighted by atomic mass is 31.2. The van der Waals surface area contributed by atoms with Crippen LogP contribution >= 0.6 is 8.38 Å². The van der Waals surface area contributed by atoms with Crippen LogP contribution in [0.5, 0.6) is 0 Å². The van der Waals surface area contributed by atoms with Gasteiger partial charge in [-0.2, -0.15) is 0 Å². The fraction of sp³-hybridized carbons (Fsp3) is 1.00. The molecule has 2 aliphatic heterocycles. The summed E-state index contributed by atoms with van der Waals surface area (Å²) in [6.45, 7) is 1.17. The van der Waals surface area contributed by atoms with Gasteiger partial charge >= 0.3 is 0 Å². The monoisotopic (exact) mass is 263 g/mol. The number of piperidine rings is 1. The molecule has 0 radical (unpaired) electrons. The Morgan fingerprint density at radius 3 is 2.82 bits per heavy atom. The van der Waals surface area contributed by atoms with E-state index in [9.17, 15) is 15.1 Å². The predicted octanol–water partition coefficient (Wildman–Crippen LogP) is 0.286. The molecule has 6 heteroatoms. The number of hydrogen-bond acceptors (Lipinski definition) is 5. The van der Waals surface area contributed by atoms with Crippen molar-refractivity contribution >= 4 is 8.38 Å². The Morgan fingerprint density at radius 2 is 2.12 bits per heavy atom. The van der Waals surface area contributed by atoms with Crippen molar-refractivity contribution < 1.29 is 19.6 Å². The first-order valence-corrected chi connectivity index (χ1v) is 7.53. The Hall–Kier alpha value is 0.230. The molecule has 5 nitrogen and oxygen atoms in total. The summed E-state index contributed by atoms with van der Waals surface area (Å²) in [4.78, 5) is 11.9. The third kappa shape index (κ3) is 3.37. The summed E-state index contributed by atoms with van der Waals surface area (Å²) in [5.41, 5.74) is 0.216. The maximum absolute atomic E-state index is 9.82. The molecule has 0 saturated carbocycles. The van der Waals surface area contributed by atoms with Crippen LogP contribution in [0.4, 0.5) is 0 Å². The number of aliphatic hydroxyl groups is 2. The lowest BCUT2D eigenvalue weighted by Crippen LogP contribution is -2.51. The molecule has 2 aliphatic rings. The SMILES string of the molecule is CN1CC(O)C(O)CC1CC1CCCOP1O. The zero-order valence-electron chi connectivity index (χ0n) is 10.2. The minimum Gasteiger partial charge on any atom is -0.390 e. The van der Waals surface area contributed by atoms with Gasteiger partial charge in [-0.3, -0.25) is 0 Å². The normalized spacial score (nSPS) is 44.8. The van der Waals surface area contributed by atoms with Gasteiger partial charge in [0.1, 0.15) is 0 Å². The van der Waals surface area contributed by atoms with Crippen LogP contribution in [0.25, 0.3) is 0 Å². The molecule has 0 aromatic carbocycles. The summed E-state index contributed by atoms with van der Waals surface area (Å²) >= 11 is 0. The number of likely N-dealkylation sites (N-methyl/N-ethyl adjacent to an activating group) is 1. The molecule has 0 bridgehead atoms. The fourth-order valence-electron chi connectivity index (χ4n) is 2.67. The number of likely N-dealkylation sites (tertiary alicyclic amines) is 1. The van der Waals surface area contributed by atoms with Gasteiger partial charge in [0, 0.05) is 18.2 Å². The van der Waals surface area contributed by atoms with Gasteiger partial charge in [0.15, 0.2) is 8.38 Å². The van der Waals surface area contributed by atoms with E-state index in [4.69, 9.17) is 4.52 Å². The van der Waals surface area contributed by atoms with Crippen LogP contribution < -0.4 is 0 Å². The lowest BCUT2D eigenvalue weighted by atomic mass is 9.93. The maximum Gasteiger partial charge on any atom is 0.171 e. The van der Waals surface area contributed by atoms with Gasteiger partial charge in [-0.1, -0.05) is 0 Å². The van der Waals surface area contributed by atoms with Crippen molar-refractivity contribution in [1.82, 2.24) is 4.90 Å². The zero-order valence-corrected chi connectivity index (χ0v) is 11.1. The van der Waals surface area contributed by atoms with E-state index in [0.717, 1.165) is 19.3 Å². The molecule has 2 fully saturated rings. The van der Waals surface area contributed by atoms with E-state index < -0.39 is 20.6 Å². The number of aliphatic hydroxyl groups excluding tert-OH is 2. The first-order chi connectivity index (χ1) is 8.08. The molecule has 0 amide bonds. The van der Waals surface area contributed by atoms with Gasteiger partial charge in [0.25, 0.3) is 0 Å². The topological polar surface area (TPSA) is 73.2 Å². The molecule has 0 aliphatic carbocycles. The zero-order chi connectivity index (χ0) is 12.4. The van der Waals surface area contributed by atoms with E-state index in [1.54, 1.807) is 0 Å². The third-order valence-electron chi connectivity index (χ3n) is 3.82. The van der Waals surface area contributed by atoms with E-state index in [0.29, 0.717) is 19.6 Å². The summed E-state index contributed by atoms with van der Waals surface area (Å²) in [6, 6.07) is 0.234. The number of hydrogen-bond donors (Lipinski definition) is 3. The molecule has 100 valence electrons. The maximum atomic E-state index is 9.82. The summed E-state index contributed by atoms with van der Waals surface area (Å²) < 4.78 is 5.31. The van der Waals surface area contributed by atoms with Crippen molar-refractivity contribution in [3.8, 4) is 0 Å². The predicted molar refractivity (Wildman–Crippen MR) is 65.8 cm³/mol. The molecule has 5 atom stereocenters. The minimum absolute atomic E-state index is 0.216. The molecule has 3 N–H and O–H groups in total. The van der Waals surface area contributed by atoms with E-state index >= 15 is 0 Å². The van der Waals surface area contributed by atoms with Crippen LogP contribution in [0.3, 0.4) is 0 Å². The smallest absolute Gasteiger partial charge is 0.171 e. The number of β-amino-alcohol motifs (C(OH)–C–C–N with tert-alkyl or cyclic N) is 1. The molecule has 2 heterocycles. The van der Waals surface area contributed by atoms with Crippen molar-refractivity contribution in [2.24, 2.45) is 0 Å². The van der Waals surface area contributed by atoms with Gasteiger partial charge in [-0.15, -0.1) is 0 Å². The molecular weight excluding hydrogens is 241 g/mol. The van der Waals surface area contributed by atoms with Crippen LogP contribution in [0.2, 0.25) is 0 Å². The quantitative estimate of drug-likeness (QED) is 0.624. The Kier molecular flexibility index (Phi) is 4.75. The van der Waals surface area contributed by atoms with Crippen LogP contribution in [-0.2, 0) is 4.52 Å². The molecule has 17 heavy (non-hydrogen) atoms. The number of nitrogens with zero attached hydrogens (tertiary/aromatic N) is 1. The van der Waals surface area contributed by atoms with Gasteiger partial charge in [0.05, 0.1) is 18.8 Å². The standard InChI is InChI=1S/C11H22NO4P/c1-12-7-11(14)10(13)6-8(12)5-9-3-2-4-16-17(9)15/h8-11,13-15H,2-7H2,1H3. The van der Waals surface area contributed by atoms with E-state index in [1.165, 1.54) is 0 Å². The van der Waals surface area contributed by atoms with Crippen molar-refractivity contribution in [3.05, 3.63) is 0 Å². The van der Waals surface area contributed by atoms with Crippen molar-refractivity contribution in [1.29, 1.82) is 0 Å². The Labute approximate surface area is 103 Å². The Morgan fingerprint density at radius 1 is 1.35 bits per heavy atom. The van der Waals surface area contributed by atoms with Crippen molar-refractivity contribution in [2.45, 2.75) is 49.6 Å². The van der Waals surface area contributed by atoms with Crippen LogP contribution in [0.1, 0.15) is 25.7 Å². The molecule has 5 unspecified atom stereocenters. The second-order valence-corrected chi connectivity index (χ2v) is 6.72. The van der Waals surface area contributed by atoms with Crippen molar-refractivity contribution in [2.75, 3.05) is 20.2 Å². The van der Waals surface area contributed by atoms with Crippen molar-refractivity contribution in [3.63, 3.8) is 0 Å². The highest BCUT2D eigenvalue weighted by molar-refractivity contribution is 7.47. The van der Waals surface area contributed by atoms with Gasteiger partial charge in [0.2, 0.25) is 0 Å². The summed E-state index contributed by atoms with van der Waals surface area (Å²) in [6.07, 6.45) is 2.16. The highest BCUT2D eigenvalue weighted by Crippen LogP contribution is 2.46. The second kappa shape index (κ2) is 5.91. The molecular formula is C11H22NO4P. The van der Waals surface area contributed by atoms with Crippen LogP contribution in [0.15, 0.2) is 0 Å². The first-order valence-electron chi connectivity index (χ1n) is 6.25. The average Bonchev–Trinajstić information content (AvgIpc) is 2.29. The Balaban J connectivity index is 1.89. The second-order valence-electron chi connectivity index (χ2n) is 5.13. The minimum atomic E-state index is -1.30. The van der Waals surface area contributed by atoms with Gasteiger partial charge in [-0.25, -0.2) is 0 Å². The van der Waals surface area contributed by atoms with Crippen LogP contribution in [0, 0.1) is 0 Å². The molecule has 0 aromatic heterocycles. The lowest BCUT2D eigenvalue weighted by molar-refractivity contribution is -0.0553. The molecule has 2 saturated heterocycles. The fourth-order valence-corrected chi connectivity index (χ4v) is 4.03. The van der Waals surface area contributed by atoms with E-state index in [2.05, 4.69) is 4.90 Å². The first kappa shape index (κ1) is 13.7. The van der Waals surface area contributed by atoms with E-state index in [1.807, 2.05) is 7.05 Å². The molecule has 0 aromatic rings. The third-order valence-corrected chi connectivity index (χ3v) is 5.36. The van der Waals surface area contributed by atoms with Gasteiger partial charge in [-0.05, 0) is 32.7 Å². The molecule has 2 rings (SSSR count). The summed E-state index contributed by atoms with van der Waals surface area (Å²) in [5, 5.41) is 19.3. The summed E-state index contributed by atoms with van der Waals surface area (Å²) in [5.74, 6) is 0. The number of rotatable bonds is 2. The average molecular weight is 263 g/mol. The Bertz CT molecular complexity index is 256. The largest absolute Gasteiger partial charge is 0.390 e. The lowest BCUT2D eigenvalue weighted by Gasteiger charge is -2.40. The van der Waals surface area contributed by atoms with E-state index in [-0.39, 0.29) is 11.7 Å². The van der Waals surface area contributed by atoms with Crippen LogP contribution in [-0.4, -0.2) is 64.1 Å². The van der Waals surface area contributed by atoms with Gasteiger partial charge < -0.3 is 24.5 Å². The highest BCUT2D eigenvalue weighted by Gasteiger charge is 2.35.